The fourth-order valence-electron chi connectivity index (χ4n) is 3.38. The van der Waals surface area contributed by atoms with Crippen LogP contribution in [0.5, 0.6) is 0 Å². The van der Waals surface area contributed by atoms with Gasteiger partial charge < -0.3 is 4.90 Å². The third-order valence-electron chi connectivity index (χ3n) is 4.91. The van der Waals surface area contributed by atoms with E-state index in [9.17, 15) is 0 Å². The highest BCUT2D eigenvalue weighted by Crippen LogP contribution is 2.28. The Balaban J connectivity index is 1.72. The largest absolute Gasteiger partial charge is 0.372 e. The van der Waals surface area contributed by atoms with Crippen molar-refractivity contribution in [2.45, 2.75) is 27.7 Å². The van der Waals surface area contributed by atoms with E-state index in [-0.39, 0.29) is 0 Å². The molecule has 1 aromatic carbocycles. The maximum absolute atomic E-state index is 4.89. The Kier molecular flexibility index (Phi) is 4.73. The van der Waals surface area contributed by atoms with Gasteiger partial charge in [-0.1, -0.05) is 0 Å². The topological polar surface area (TPSA) is 71.6 Å². The number of rotatable bonds is 5. The van der Waals surface area contributed by atoms with E-state index in [2.05, 4.69) is 63.9 Å². The highest BCUT2D eigenvalue weighted by Gasteiger charge is 2.25. The highest BCUT2D eigenvalue weighted by atomic mass is 15.4. The van der Waals surface area contributed by atoms with Gasteiger partial charge in [0.25, 0.3) is 0 Å². The molecule has 0 aliphatic carbocycles. The van der Waals surface area contributed by atoms with Gasteiger partial charge in [0.2, 0.25) is 0 Å². The summed E-state index contributed by atoms with van der Waals surface area (Å²) in [6.45, 7) is 10.3. The summed E-state index contributed by atoms with van der Waals surface area (Å²) in [4.78, 5) is 20.2. The Morgan fingerprint density at radius 3 is 2.54 bits per heavy atom. The van der Waals surface area contributed by atoms with Crippen molar-refractivity contribution in [3.8, 4) is 11.4 Å². The number of hydrogen-bond acceptors (Lipinski definition) is 6. The second-order valence-electron chi connectivity index (χ2n) is 6.66. The molecule has 1 aliphatic rings. The first-order chi connectivity index (χ1) is 13.6. The maximum atomic E-state index is 4.89. The maximum Gasteiger partial charge on any atom is 0.182 e. The van der Waals surface area contributed by atoms with Gasteiger partial charge in [-0.15, -0.1) is 0 Å². The zero-order chi connectivity index (χ0) is 19.7. The van der Waals surface area contributed by atoms with E-state index in [4.69, 9.17) is 4.99 Å². The van der Waals surface area contributed by atoms with Gasteiger partial charge in [-0.25, -0.2) is 14.7 Å². The van der Waals surface area contributed by atoms with Crippen molar-refractivity contribution < 1.29 is 0 Å². The molecule has 7 heteroatoms. The van der Waals surface area contributed by atoms with Crippen LogP contribution in [0.25, 0.3) is 11.4 Å². The zero-order valence-corrected chi connectivity index (χ0v) is 16.6. The van der Waals surface area contributed by atoms with E-state index in [1.807, 2.05) is 6.92 Å². The lowest BCUT2D eigenvalue weighted by Crippen LogP contribution is -2.21. The van der Waals surface area contributed by atoms with Crippen molar-refractivity contribution in [3.05, 3.63) is 54.4 Å². The van der Waals surface area contributed by atoms with Crippen LogP contribution in [0, 0.1) is 6.92 Å². The van der Waals surface area contributed by atoms with Crippen LogP contribution in [0.15, 0.2) is 53.1 Å². The minimum atomic E-state index is 0.727. The van der Waals surface area contributed by atoms with Gasteiger partial charge in [0.15, 0.2) is 5.82 Å². The summed E-state index contributed by atoms with van der Waals surface area (Å²) < 4.78 is 1.79. The highest BCUT2D eigenvalue weighted by molar-refractivity contribution is 6.48. The van der Waals surface area contributed by atoms with E-state index in [1.165, 1.54) is 5.69 Å². The molecule has 0 bridgehead atoms. The smallest absolute Gasteiger partial charge is 0.182 e. The second kappa shape index (κ2) is 7.34. The standard InChI is InChI=1S/C21H23N7/c1-5-27(6-2)16-7-8-17(14(3)11-16)25-20-15(4)26-28-19(13-24-21(20)28)18-12-22-9-10-23-18/h7-13H,5-6H2,1-4H3/b25-20-. The SMILES string of the molecule is CCN(CC)c1ccc(/N=C2/C(C)=Nn3c(-c4cnccn4)cnc32)c(C)c1. The van der Waals surface area contributed by atoms with Gasteiger partial charge in [-0.05, 0) is 51.5 Å². The number of fused-ring (bicyclic) bond motifs is 1. The summed E-state index contributed by atoms with van der Waals surface area (Å²) in [5.41, 5.74) is 6.44. The minimum Gasteiger partial charge on any atom is -0.372 e. The summed E-state index contributed by atoms with van der Waals surface area (Å²) >= 11 is 0. The van der Waals surface area contributed by atoms with Crippen LogP contribution >= 0.6 is 0 Å². The van der Waals surface area contributed by atoms with Crippen LogP contribution in [0.3, 0.4) is 0 Å². The number of nitrogens with zero attached hydrogens (tertiary/aromatic N) is 7. The Morgan fingerprint density at radius 1 is 1.04 bits per heavy atom. The molecule has 0 fully saturated rings. The molecule has 0 radical (unpaired) electrons. The molecule has 0 amide bonds. The van der Waals surface area contributed by atoms with E-state index in [1.54, 1.807) is 29.5 Å². The van der Waals surface area contributed by atoms with Gasteiger partial charge in [0.1, 0.15) is 17.1 Å². The molecule has 0 saturated heterocycles. The Morgan fingerprint density at radius 2 is 1.86 bits per heavy atom. The molecular formula is C21H23N7. The van der Waals surface area contributed by atoms with Crippen LogP contribution in [-0.2, 0) is 0 Å². The molecule has 3 aromatic rings. The quantitative estimate of drug-likeness (QED) is 0.681. The normalized spacial score (nSPS) is 14.3. The monoisotopic (exact) mass is 373 g/mol. The first-order valence-electron chi connectivity index (χ1n) is 9.47. The number of aryl methyl sites for hydroxylation is 1. The summed E-state index contributed by atoms with van der Waals surface area (Å²) in [6.07, 6.45) is 6.79. The lowest BCUT2D eigenvalue weighted by Gasteiger charge is -2.21. The van der Waals surface area contributed by atoms with E-state index in [0.29, 0.717) is 0 Å². The number of hydrogen-bond donors (Lipinski definition) is 0. The third kappa shape index (κ3) is 3.09. The van der Waals surface area contributed by atoms with Crippen molar-refractivity contribution in [1.29, 1.82) is 0 Å². The van der Waals surface area contributed by atoms with Crippen molar-refractivity contribution in [3.63, 3.8) is 0 Å². The van der Waals surface area contributed by atoms with E-state index in [0.717, 1.165) is 53.0 Å². The lowest BCUT2D eigenvalue weighted by molar-refractivity contribution is 0.865. The van der Waals surface area contributed by atoms with Gasteiger partial charge >= 0.3 is 0 Å². The molecule has 1 aliphatic heterocycles. The van der Waals surface area contributed by atoms with Gasteiger partial charge in [0, 0.05) is 31.2 Å². The molecule has 4 rings (SSSR count). The average molecular weight is 373 g/mol. The average Bonchev–Trinajstić information content (AvgIpc) is 3.24. The van der Waals surface area contributed by atoms with Crippen LogP contribution < -0.4 is 4.90 Å². The third-order valence-corrected chi connectivity index (χ3v) is 4.91. The molecule has 28 heavy (non-hydrogen) atoms. The van der Waals surface area contributed by atoms with Gasteiger partial charge in [0.05, 0.1) is 23.8 Å². The van der Waals surface area contributed by atoms with Crippen molar-refractivity contribution in [2.24, 2.45) is 10.1 Å². The molecule has 3 heterocycles. The lowest BCUT2D eigenvalue weighted by atomic mass is 10.1. The molecule has 142 valence electrons. The Hall–Kier alpha value is -3.35. The molecule has 2 aromatic heterocycles. The molecule has 0 N–H and O–H groups in total. The number of benzene rings is 1. The predicted molar refractivity (Wildman–Crippen MR) is 113 cm³/mol. The number of anilines is 1. The van der Waals surface area contributed by atoms with Crippen molar-refractivity contribution in [2.75, 3.05) is 18.0 Å². The predicted octanol–water partition coefficient (Wildman–Crippen LogP) is 3.85. The van der Waals surface area contributed by atoms with Crippen molar-refractivity contribution in [1.82, 2.24) is 19.6 Å². The fraction of sp³-hybridized carbons (Fsp3) is 0.286. The molecule has 0 saturated carbocycles. The summed E-state index contributed by atoms with van der Waals surface area (Å²) in [5, 5.41) is 4.63. The molecular weight excluding hydrogens is 350 g/mol. The summed E-state index contributed by atoms with van der Waals surface area (Å²) in [5.74, 6) is 0.727. The first-order valence-corrected chi connectivity index (χ1v) is 9.47. The van der Waals surface area contributed by atoms with Crippen LogP contribution in [0.4, 0.5) is 11.4 Å². The number of aliphatic imine (C=N–C) groups is 1. The van der Waals surface area contributed by atoms with Crippen LogP contribution in [0.1, 0.15) is 32.2 Å². The van der Waals surface area contributed by atoms with E-state index >= 15 is 0 Å². The van der Waals surface area contributed by atoms with Crippen LogP contribution in [0.2, 0.25) is 0 Å². The van der Waals surface area contributed by atoms with E-state index < -0.39 is 0 Å². The van der Waals surface area contributed by atoms with Gasteiger partial charge in [-0.2, -0.15) is 5.10 Å². The number of imidazole rings is 1. The Bertz CT molecular complexity index is 1060. The fourth-order valence-corrected chi connectivity index (χ4v) is 3.38. The second-order valence-corrected chi connectivity index (χ2v) is 6.66. The first kappa shape index (κ1) is 18.0. The number of aromatic nitrogens is 4. The molecule has 0 atom stereocenters. The summed E-state index contributed by atoms with van der Waals surface area (Å²) in [7, 11) is 0. The molecule has 7 nitrogen and oxygen atoms in total. The zero-order valence-electron chi connectivity index (χ0n) is 16.6. The minimum absolute atomic E-state index is 0.727. The molecule has 0 unspecified atom stereocenters. The summed E-state index contributed by atoms with van der Waals surface area (Å²) in [6, 6.07) is 6.38. The Labute approximate surface area is 164 Å². The van der Waals surface area contributed by atoms with Gasteiger partial charge in [-0.3, -0.25) is 9.97 Å². The molecule has 0 spiro atoms. The van der Waals surface area contributed by atoms with Crippen LogP contribution in [-0.4, -0.2) is 44.1 Å². The van der Waals surface area contributed by atoms with Crippen molar-refractivity contribution >= 4 is 22.8 Å².